The monoisotopic (exact) mass is 345 g/mol. The van der Waals surface area contributed by atoms with Gasteiger partial charge in [-0.15, -0.1) is 0 Å². The van der Waals surface area contributed by atoms with Crippen LogP contribution in [0.2, 0.25) is 0 Å². The number of halogens is 1. The SMILES string of the molecule is Cc1cc(C(=O)N(C)Cc2ccccc2F)cc(C)c1OCC(=O)O. The average Bonchev–Trinajstić information content (AvgIpc) is 2.55. The lowest BCUT2D eigenvalue weighted by atomic mass is 10.0. The molecule has 0 aliphatic rings. The molecule has 0 unspecified atom stereocenters. The van der Waals surface area contributed by atoms with Gasteiger partial charge in [0, 0.05) is 24.7 Å². The van der Waals surface area contributed by atoms with Crippen molar-refractivity contribution in [2.24, 2.45) is 0 Å². The third-order valence-electron chi connectivity index (χ3n) is 3.76. The number of hydrogen-bond acceptors (Lipinski definition) is 3. The second kappa shape index (κ2) is 7.79. The molecular weight excluding hydrogens is 325 g/mol. The van der Waals surface area contributed by atoms with Crippen molar-refractivity contribution >= 4 is 11.9 Å². The van der Waals surface area contributed by atoms with E-state index in [9.17, 15) is 14.0 Å². The van der Waals surface area contributed by atoms with E-state index < -0.39 is 12.6 Å². The zero-order chi connectivity index (χ0) is 18.6. The summed E-state index contributed by atoms with van der Waals surface area (Å²) in [6.45, 7) is 3.21. The molecule has 2 aromatic rings. The molecule has 1 N–H and O–H groups in total. The minimum absolute atomic E-state index is 0.154. The topological polar surface area (TPSA) is 66.8 Å². The van der Waals surface area contributed by atoms with Gasteiger partial charge in [-0.1, -0.05) is 18.2 Å². The van der Waals surface area contributed by atoms with Crippen molar-refractivity contribution in [1.82, 2.24) is 4.90 Å². The Labute approximate surface area is 145 Å². The van der Waals surface area contributed by atoms with Crippen LogP contribution < -0.4 is 4.74 Å². The van der Waals surface area contributed by atoms with Crippen LogP contribution in [0.1, 0.15) is 27.0 Å². The van der Waals surface area contributed by atoms with Gasteiger partial charge in [0.2, 0.25) is 0 Å². The van der Waals surface area contributed by atoms with Gasteiger partial charge in [-0.2, -0.15) is 0 Å². The lowest BCUT2D eigenvalue weighted by Crippen LogP contribution is -2.27. The van der Waals surface area contributed by atoms with E-state index in [0.29, 0.717) is 28.0 Å². The number of amides is 1. The van der Waals surface area contributed by atoms with Crippen molar-refractivity contribution in [3.63, 3.8) is 0 Å². The maximum atomic E-state index is 13.7. The highest BCUT2D eigenvalue weighted by Crippen LogP contribution is 2.25. The maximum Gasteiger partial charge on any atom is 0.341 e. The lowest BCUT2D eigenvalue weighted by Gasteiger charge is -2.19. The van der Waals surface area contributed by atoms with E-state index in [1.807, 2.05) is 0 Å². The highest BCUT2D eigenvalue weighted by atomic mass is 19.1. The second-order valence-electron chi connectivity index (χ2n) is 5.87. The van der Waals surface area contributed by atoms with Crippen molar-refractivity contribution in [1.29, 1.82) is 0 Å². The van der Waals surface area contributed by atoms with Crippen molar-refractivity contribution in [2.45, 2.75) is 20.4 Å². The van der Waals surface area contributed by atoms with Crippen LogP contribution in [0.15, 0.2) is 36.4 Å². The number of carbonyl (C=O) groups is 2. The van der Waals surface area contributed by atoms with Crippen LogP contribution in [0.5, 0.6) is 5.75 Å². The van der Waals surface area contributed by atoms with Gasteiger partial charge in [-0.05, 0) is 43.2 Å². The highest BCUT2D eigenvalue weighted by molar-refractivity contribution is 5.94. The van der Waals surface area contributed by atoms with Crippen molar-refractivity contribution in [2.75, 3.05) is 13.7 Å². The molecule has 132 valence electrons. The molecule has 5 nitrogen and oxygen atoms in total. The fourth-order valence-electron chi connectivity index (χ4n) is 2.61. The average molecular weight is 345 g/mol. The summed E-state index contributed by atoms with van der Waals surface area (Å²) >= 11 is 0. The van der Waals surface area contributed by atoms with Gasteiger partial charge < -0.3 is 14.7 Å². The highest BCUT2D eigenvalue weighted by Gasteiger charge is 2.17. The molecule has 0 fully saturated rings. The Hall–Kier alpha value is -2.89. The van der Waals surface area contributed by atoms with Crippen LogP contribution in [0, 0.1) is 19.7 Å². The third-order valence-corrected chi connectivity index (χ3v) is 3.76. The number of rotatable bonds is 6. The zero-order valence-corrected chi connectivity index (χ0v) is 14.4. The van der Waals surface area contributed by atoms with Gasteiger partial charge >= 0.3 is 5.97 Å². The first-order valence-electron chi connectivity index (χ1n) is 7.74. The van der Waals surface area contributed by atoms with E-state index in [2.05, 4.69) is 0 Å². The normalized spacial score (nSPS) is 10.4. The summed E-state index contributed by atoms with van der Waals surface area (Å²) in [5.41, 5.74) is 2.22. The molecule has 0 spiro atoms. The van der Waals surface area contributed by atoms with E-state index in [4.69, 9.17) is 9.84 Å². The van der Waals surface area contributed by atoms with Gasteiger partial charge in [0.25, 0.3) is 5.91 Å². The number of aryl methyl sites for hydroxylation is 2. The van der Waals surface area contributed by atoms with E-state index in [-0.39, 0.29) is 18.3 Å². The van der Waals surface area contributed by atoms with Gasteiger partial charge in [0.15, 0.2) is 6.61 Å². The van der Waals surface area contributed by atoms with Crippen LogP contribution in [-0.4, -0.2) is 35.5 Å². The summed E-state index contributed by atoms with van der Waals surface area (Å²) in [4.78, 5) is 24.7. The summed E-state index contributed by atoms with van der Waals surface area (Å²) < 4.78 is 19.0. The quantitative estimate of drug-likeness (QED) is 0.873. The second-order valence-corrected chi connectivity index (χ2v) is 5.87. The molecule has 6 heteroatoms. The van der Waals surface area contributed by atoms with Gasteiger partial charge in [0.1, 0.15) is 11.6 Å². The number of benzene rings is 2. The van der Waals surface area contributed by atoms with Crippen LogP contribution in [0.4, 0.5) is 4.39 Å². The first kappa shape index (κ1) is 18.4. The summed E-state index contributed by atoms with van der Waals surface area (Å²) in [7, 11) is 1.61. The lowest BCUT2D eigenvalue weighted by molar-refractivity contribution is -0.139. The third kappa shape index (κ3) is 4.56. The summed E-state index contributed by atoms with van der Waals surface area (Å²) in [5, 5.41) is 8.72. The first-order chi connectivity index (χ1) is 11.8. The van der Waals surface area contributed by atoms with E-state index in [1.165, 1.54) is 11.0 Å². The molecular formula is C19H20FNO4. The predicted octanol–water partition coefficient (Wildman–Crippen LogP) is 3.18. The molecule has 0 saturated heterocycles. The molecule has 0 saturated carbocycles. The van der Waals surface area contributed by atoms with Crippen molar-refractivity contribution < 1.29 is 23.8 Å². The zero-order valence-electron chi connectivity index (χ0n) is 14.4. The molecule has 0 aromatic heterocycles. The predicted molar refractivity (Wildman–Crippen MR) is 91.2 cm³/mol. The van der Waals surface area contributed by atoms with Gasteiger partial charge in [-0.3, -0.25) is 4.79 Å². The Morgan fingerprint density at radius 2 is 1.76 bits per heavy atom. The molecule has 0 heterocycles. The Balaban J connectivity index is 2.18. The van der Waals surface area contributed by atoms with Gasteiger partial charge in [-0.25, -0.2) is 9.18 Å². The molecule has 25 heavy (non-hydrogen) atoms. The van der Waals surface area contributed by atoms with Gasteiger partial charge in [0.05, 0.1) is 0 Å². The number of aliphatic carboxylic acids is 1. The summed E-state index contributed by atoms with van der Waals surface area (Å²) in [6, 6.07) is 9.60. The number of hydrogen-bond donors (Lipinski definition) is 1. The van der Waals surface area contributed by atoms with E-state index in [0.717, 1.165) is 0 Å². The standard InChI is InChI=1S/C19H20FNO4/c1-12-8-15(9-13(2)18(12)25-11-17(22)23)19(24)21(3)10-14-6-4-5-7-16(14)20/h4-9H,10-11H2,1-3H3,(H,22,23). The number of carboxylic acid groups (broad SMARTS) is 1. The summed E-state index contributed by atoms with van der Waals surface area (Å²) in [5.74, 6) is -1.22. The van der Waals surface area contributed by atoms with Crippen molar-refractivity contribution in [3.05, 3.63) is 64.5 Å². The molecule has 2 aromatic carbocycles. The van der Waals surface area contributed by atoms with Crippen LogP contribution >= 0.6 is 0 Å². The Morgan fingerprint density at radius 1 is 1.16 bits per heavy atom. The fraction of sp³-hybridized carbons (Fsp3) is 0.263. The van der Waals surface area contributed by atoms with E-state index >= 15 is 0 Å². The molecule has 1 amide bonds. The Bertz CT molecular complexity index is 781. The number of ether oxygens (including phenoxy) is 1. The van der Waals surface area contributed by atoms with Crippen LogP contribution in [-0.2, 0) is 11.3 Å². The molecule has 0 aliphatic carbocycles. The smallest absolute Gasteiger partial charge is 0.341 e. The summed E-state index contributed by atoms with van der Waals surface area (Å²) in [6.07, 6.45) is 0. The number of carboxylic acids is 1. The minimum atomic E-state index is -1.07. The molecule has 0 atom stereocenters. The Morgan fingerprint density at radius 3 is 2.32 bits per heavy atom. The van der Waals surface area contributed by atoms with E-state index in [1.54, 1.807) is 51.2 Å². The number of carbonyl (C=O) groups excluding carboxylic acids is 1. The molecule has 2 rings (SSSR count). The molecule has 0 aliphatic heterocycles. The maximum absolute atomic E-state index is 13.7. The van der Waals surface area contributed by atoms with Crippen molar-refractivity contribution in [3.8, 4) is 5.75 Å². The van der Waals surface area contributed by atoms with Crippen LogP contribution in [0.3, 0.4) is 0 Å². The Kier molecular flexibility index (Phi) is 5.75. The largest absolute Gasteiger partial charge is 0.481 e. The molecule has 0 bridgehead atoms. The van der Waals surface area contributed by atoms with Crippen LogP contribution in [0.25, 0.3) is 0 Å². The molecule has 0 radical (unpaired) electrons. The fourth-order valence-corrected chi connectivity index (χ4v) is 2.61. The minimum Gasteiger partial charge on any atom is -0.481 e. The first-order valence-corrected chi connectivity index (χ1v) is 7.74. The number of nitrogens with zero attached hydrogens (tertiary/aromatic N) is 1.